The van der Waals surface area contributed by atoms with Crippen LogP contribution in [0.1, 0.15) is 62.8 Å². The van der Waals surface area contributed by atoms with Gasteiger partial charge in [-0.2, -0.15) is 0 Å². The second kappa shape index (κ2) is 3.84. The molecule has 0 saturated carbocycles. The quantitative estimate of drug-likeness (QED) is 0.780. The summed E-state index contributed by atoms with van der Waals surface area (Å²) in [7, 11) is 0. The first-order valence-corrected chi connectivity index (χ1v) is 6.53. The topological polar surface area (TPSA) is 20.2 Å². The van der Waals surface area contributed by atoms with Crippen LogP contribution in [0.2, 0.25) is 0 Å². The molecule has 0 amide bonds. The van der Waals surface area contributed by atoms with Crippen LogP contribution in [0.5, 0.6) is 0 Å². The van der Waals surface area contributed by atoms with Gasteiger partial charge in [0.2, 0.25) is 0 Å². The molecule has 0 unspecified atom stereocenters. The van der Waals surface area contributed by atoms with Crippen LogP contribution in [0.25, 0.3) is 0 Å². The van der Waals surface area contributed by atoms with E-state index in [-0.39, 0.29) is 17.4 Å². The van der Waals surface area contributed by atoms with E-state index < -0.39 is 0 Å². The zero-order valence-corrected chi connectivity index (χ0v) is 11.7. The first kappa shape index (κ1) is 12.6. The van der Waals surface area contributed by atoms with Crippen molar-refractivity contribution in [1.82, 2.24) is 0 Å². The molecule has 1 N–H and O–H groups in total. The van der Waals surface area contributed by atoms with Gasteiger partial charge in [-0.1, -0.05) is 39.8 Å². The summed E-state index contributed by atoms with van der Waals surface area (Å²) in [5.41, 5.74) is 5.71. The van der Waals surface area contributed by atoms with E-state index in [1.807, 2.05) is 0 Å². The van der Waals surface area contributed by atoms with Crippen molar-refractivity contribution in [1.29, 1.82) is 0 Å². The van der Waals surface area contributed by atoms with Gasteiger partial charge in [-0.3, -0.25) is 0 Å². The SMILES string of the molecule is Cc1cc2c(cc1CO)C(C)(C)CCC2(C)C. The highest BCUT2D eigenvalue weighted by molar-refractivity contribution is 5.46. The summed E-state index contributed by atoms with van der Waals surface area (Å²) >= 11 is 0. The second-order valence-corrected chi connectivity index (χ2v) is 6.75. The lowest BCUT2D eigenvalue weighted by atomic mass is 9.62. The Morgan fingerprint density at radius 3 is 1.94 bits per heavy atom. The van der Waals surface area contributed by atoms with E-state index in [0.29, 0.717) is 0 Å². The van der Waals surface area contributed by atoms with E-state index in [1.165, 1.54) is 29.5 Å². The van der Waals surface area contributed by atoms with Gasteiger partial charge in [0.25, 0.3) is 0 Å². The average molecular weight is 232 g/mol. The van der Waals surface area contributed by atoms with E-state index >= 15 is 0 Å². The summed E-state index contributed by atoms with van der Waals surface area (Å²) in [4.78, 5) is 0. The molecule has 0 saturated heterocycles. The van der Waals surface area contributed by atoms with Crippen LogP contribution in [0.4, 0.5) is 0 Å². The fraction of sp³-hybridized carbons (Fsp3) is 0.625. The van der Waals surface area contributed by atoms with Crippen molar-refractivity contribution in [3.8, 4) is 0 Å². The molecule has 1 aliphatic carbocycles. The first-order valence-electron chi connectivity index (χ1n) is 6.53. The summed E-state index contributed by atoms with van der Waals surface area (Å²) in [6.45, 7) is 11.5. The highest BCUT2D eigenvalue weighted by Crippen LogP contribution is 2.46. The Bertz CT molecular complexity index is 441. The Hall–Kier alpha value is -0.820. The summed E-state index contributed by atoms with van der Waals surface area (Å²) < 4.78 is 0. The molecule has 0 fully saturated rings. The predicted octanol–water partition coefficient (Wildman–Crippen LogP) is 3.84. The molecule has 0 heterocycles. The van der Waals surface area contributed by atoms with Gasteiger partial charge in [0.1, 0.15) is 0 Å². The molecule has 1 aromatic carbocycles. The molecule has 0 spiro atoms. The number of fused-ring (bicyclic) bond motifs is 1. The Balaban J connectivity index is 2.68. The fourth-order valence-electron chi connectivity index (χ4n) is 2.94. The minimum atomic E-state index is 0.148. The van der Waals surface area contributed by atoms with Gasteiger partial charge in [-0.25, -0.2) is 0 Å². The van der Waals surface area contributed by atoms with Gasteiger partial charge in [0.15, 0.2) is 0 Å². The monoisotopic (exact) mass is 232 g/mol. The summed E-state index contributed by atoms with van der Waals surface area (Å²) in [5.74, 6) is 0. The molecule has 0 bridgehead atoms. The van der Waals surface area contributed by atoms with Gasteiger partial charge in [0.05, 0.1) is 6.61 Å². The molecule has 0 radical (unpaired) electrons. The van der Waals surface area contributed by atoms with Crippen molar-refractivity contribution in [3.05, 3.63) is 34.4 Å². The smallest absolute Gasteiger partial charge is 0.0684 e. The molecule has 0 aliphatic heterocycles. The van der Waals surface area contributed by atoms with E-state index in [1.54, 1.807) is 0 Å². The molecule has 0 atom stereocenters. The van der Waals surface area contributed by atoms with E-state index in [4.69, 9.17) is 0 Å². The number of benzene rings is 1. The van der Waals surface area contributed by atoms with Crippen molar-refractivity contribution < 1.29 is 5.11 Å². The Morgan fingerprint density at radius 2 is 1.47 bits per heavy atom. The van der Waals surface area contributed by atoms with Crippen LogP contribution in [0, 0.1) is 6.92 Å². The molecule has 94 valence electrons. The van der Waals surface area contributed by atoms with E-state index in [0.717, 1.165) is 5.56 Å². The summed E-state index contributed by atoms with van der Waals surface area (Å²) in [5, 5.41) is 9.42. The maximum atomic E-state index is 9.42. The van der Waals surface area contributed by atoms with Crippen molar-refractivity contribution in [2.45, 2.75) is 64.9 Å². The average Bonchev–Trinajstić information content (AvgIpc) is 2.24. The number of aliphatic hydroxyl groups is 1. The Labute approximate surface area is 105 Å². The van der Waals surface area contributed by atoms with E-state index in [2.05, 4.69) is 46.8 Å². The van der Waals surface area contributed by atoms with Crippen molar-refractivity contribution in [2.75, 3.05) is 0 Å². The zero-order chi connectivity index (χ0) is 12.8. The van der Waals surface area contributed by atoms with Crippen LogP contribution >= 0.6 is 0 Å². The van der Waals surface area contributed by atoms with Gasteiger partial charge < -0.3 is 5.11 Å². The lowest BCUT2D eigenvalue weighted by molar-refractivity contribution is 0.279. The molecule has 17 heavy (non-hydrogen) atoms. The summed E-state index contributed by atoms with van der Waals surface area (Å²) in [6, 6.07) is 4.52. The van der Waals surface area contributed by atoms with Crippen LogP contribution in [-0.2, 0) is 17.4 Å². The first-order chi connectivity index (χ1) is 7.78. The summed E-state index contributed by atoms with van der Waals surface area (Å²) in [6.07, 6.45) is 2.46. The third-order valence-corrected chi connectivity index (χ3v) is 4.48. The minimum absolute atomic E-state index is 0.148. The number of rotatable bonds is 1. The molecular weight excluding hydrogens is 208 g/mol. The molecule has 1 nitrogen and oxygen atoms in total. The second-order valence-electron chi connectivity index (χ2n) is 6.75. The molecular formula is C16H24O. The highest BCUT2D eigenvalue weighted by atomic mass is 16.3. The Morgan fingerprint density at radius 1 is 1.00 bits per heavy atom. The molecule has 0 aromatic heterocycles. The Kier molecular flexibility index (Phi) is 2.86. The van der Waals surface area contributed by atoms with Crippen molar-refractivity contribution >= 4 is 0 Å². The third-order valence-electron chi connectivity index (χ3n) is 4.48. The van der Waals surface area contributed by atoms with Crippen LogP contribution in [0.15, 0.2) is 12.1 Å². The minimum Gasteiger partial charge on any atom is -0.392 e. The van der Waals surface area contributed by atoms with Gasteiger partial charge in [-0.15, -0.1) is 0 Å². The molecule has 2 rings (SSSR count). The fourth-order valence-corrected chi connectivity index (χ4v) is 2.94. The largest absolute Gasteiger partial charge is 0.392 e. The van der Waals surface area contributed by atoms with Crippen molar-refractivity contribution in [3.63, 3.8) is 0 Å². The van der Waals surface area contributed by atoms with Crippen LogP contribution < -0.4 is 0 Å². The predicted molar refractivity (Wildman–Crippen MR) is 72.4 cm³/mol. The van der Waals surface area contributed by atoms with Crippen LogP contribution in [-0.4, -0.2) is 5.11 Å². The van der Waals surface area contributed by atoms with Crippen LogP contribution in [0.3, 0.4) is 0 Å². The number of aliphatic hydroxyl groups excluding tert-OH is 1. The van der Waals surface area contributed by atoms with Crippen molar-refractivity contribution in [2.24, 2.45) is 0 Å². The molecule has 1 aliphatic rings. The molecule has 1 aromatic rings. The van der Waals surface area contributed by atoms with Gasteiger partial charge >= 0.3 is 0 Å². The maximum Gasteiger partial charge on any atom is 0.0684 e. The highest BCUT2D eigenvalue weighted by Gasteiger charge is 2.37. The number of hydrogen-bond donors (Lipinski definition) is 1. The lowest BCUT2D eigenvalue weighted by Gasteiger charge is -2.42. The normalized spacial score (nSPS) is 21.1. The van der Waals surface area contributed by atoms with Gasteiger partial charge in [0, 0.05) is 0 Å². The third kappa shape index (κ3) is 2.01. The van der Waals surface area contributed by atoms with E-state index in [9.17, 15) is 5.11 Å². The number of hydrogen-bond acceptors (Lipinski definition) is 1. The lowest BCUT2D eigenvalue weighted by Crippen LogP contribution is -2.34. The maximum absolute atomic E-state index is 9.42. The molecule has 1 heteroatoms. The zero-order valence-electron chi connectivity index (χ0n) is 11.7. The van der Waals surface area contributed by atoms with Gasteiger partial charge in [-0.05, 0) is 52.8 Å². The standard InChI is InChI=1S/C16H24O/c1-11-8-13-14(9-12(11)10-17)16(4,5)7-6-15(13,2)3/h8-9,17H,6-7,10H2,1-5H3. The number of aryl methyl sites for hydroxylation is 1.